The lowest BCUT2D eigenvalue weighted by Crippen LogP contribution is -2.35. The molecule has 1 aromatic carbocycles. The van der Waals surface area contributed by atoms with E-state index >= 15 is 0 Å². The van der Waals surface area contributed by atoms with E-state index in [4.69, 9.17) is 4.74 Å². The molecule has 0 unspecified atom stereocenters. The molecule has 0 heterocycles. The van der Waals surface area contributed by atoms with Crippen molar-refractivity contribution in [2.24, 2.45) is 0 Å². The first-order valence-electron chi connectivity index (χ1n) is 11.4. The highest BCUT2D eigenvalue weighted by Crippen LogP contribution is 2.26. The molecule has 0 radical (unpaired) electrons. The van der Waals surface area contributed by atoms with Crippen LogP contribution in [-0.2, 0) is 11.2 Å². The number of hydrogen-bond acceptors (Lipinski definition) is 2. The predicted molar refractivity (Wildman–Crippen MR) is 121 cm³/mol. The van der Waals surface area contributed by atoms with Crippen LogP contribution in [0.4, 0.5) is 0 Å². The number of ether oxygens (including phenoxy) is 1. The van der Waals surface area contributed by atoms with Gasteiger partial charge in [-0.3, -0.25) is 4.79 Å². The van der Waals surface area contributed by atoms with Crippen molar-refractivity contribution in [1.29, 1.82) is 0 Å². The number of benzene rings is 1. The van der Waals surface area contributed by atoms with E-state index in [-0.39, 0.29) is 5.91 Å². The summed E-state index contributed by atoms with van der Waals surface area (Å²) < 4.78 is 6.83. The summed E-state index contributed by atoms with van der Waals surface area (Å²) in [5.41, 5.74) is 1.29. The highest BCUT2D eigenvalue weighted by Gasteiger charge is 2.13. The maximum atomic E-state index is 12.4. The smallest absolute Gasteiger partial charge is 0.220 e. The zero-order valence-corrected chi connectivity index (χ0v) is 19.2. The highest BCUT2D eigenvalue weighted by atomic mass is 79.9. The van der Waals surface area contributed by atoms with Crippen molar-refractivity contribution < 1.29 is 9.53 Å². The Bertz CT molecular complexity index is 564. The van der Waals surface area contributed by atoms with Crippen molar-refractivity contribution in [3.05, 3.63) is 28.2 Å². The molecule has 0 saturated heterocycles. The minimum Gasteiger partial charge on any atom is -0.492 e. The number of carbonyl (C=O) groups is 1. The van der Waals surface area contributed by atoms with Gasteiger partial charge in [-0.25, -0.2) is 0 Å². The lowest BCUT2D eigenvalue weighted by atomic mass is 9.98. The van der Waals surface area contributed by atoms with Gasteiger partial charge in [0.2, 0.25) is 5.91 Å². The molecule has 0 bridgehead atoms. The topological polar surface area (TPSA) is 38.3 Å². The number of halogens is 1. The average Bonchev–Trinajstić information content (AvgIpc) is 2.68. The number of aryl methyl sites for hydroxylation is 1. The summed E-state index contributed by atoms with van der Waals surface area (Å²) in [7, 11) is 0. The van der Waals surface area contributed by atoms with Gasteiger partial charge in [0.05, 0.1) is 11.1 Å². The van der Waals surface area contributed by atoms with E-state index in [9.17, 15) is 4.79 Å². The zero-order chi connectivity index (χ0) is 20.0. The van der Waals surface area contributed by atoms with Gasteiger partial charge in [0, 0.05) is 12.5 Å². The van der Waals surface area contributed by atoms with Crippen LogP contribution in [0.1, 0.15) is 96.0 Å². The van der Waals surface area contributed by atoms with Crippen LogP contribution in [0.5, 0.6) is 5.75 Å². The largest absolute Gasteiger partial charge is 0.492 e. The molecular weight excluding hydrogens is 414 g/mol. The van der Waals surface area contributed by atoms with Crippen LogP contribution in [0, 0.1) is 0 Å². The number of rotatable bonds is 7. The van der Waals surface area contributed by atoms with Gasteiger partial charge < -0.3 is 10.1 Å². The van der Waals surface area contributed by atoms with Crippen molar-refractivity contribution in [2.45, 2.75) is 103 Å². The second-order valence-electron chi connectivity index (χ2n) is 8.09. The third-order valence-corrected chi connectivity index (χ3v) is 6.30. The van der Waals surface area contributed by atoms with Gasteiger partial charge in [0.1, 0.15) is 5.75 Å². The van der Waals surface area contributed by atoms with Gasteiger partial charge in [-0.15, -0.1) is 0 Å². The maximum absolute atomic E-state index is 12.4. The maximum Gasteiger partial charge on any atom is 0.220 e. The fraction of sp³-hybridized carbons (Fsp3) is 0.708. The van der Waals surface area contributed by atoms with Crippen molar-refractivity contribution in [3.63, 3.8) is 0 Å². The molecule has 28 heavy (non-hydrogen) atoms. The highest BCUT2D eigenvalue weighted by molar-refractivity contribution is 9.10. The zero-order valence-electron chi connectivity index (χ0n) is 17.6. The Morgan fingerprint density at radius 1 is 1.04 bits per heavy atom. The van der Waals surface area contributed by atoms with E-state index < -0.39 is 0 Å². The van der Waals surface area contributed by atoms with Crippen molar-refractivity contribution in [1.82, 2.24) is 5.32 Å². The lowest BCUT2D eigenvalue weighted by Gasteiger charge is -2.19. The van der Waals surface area contributed by atoms with Gasteiger partial charge in [-0.1, -0.05) is 70.8 Å². The van der Waals surface area contributed by atoms with Crippen LogP contribution in [0.3, 0.4) is 0 Å². The molecule has 1 fully saturated rings. The van der Waals surface area contributed by atoms with Gasteiger partial charge in [0.15, 0.2) is 0 Å². The monoisotopic (exact) mass is 451 g/mol. The molecule has 4 heteroatoms. The number of hydrogen-bond donors (Lipinski definition) is 1. The van der Waals surface area contributed by atoms with E-state index in [0.29, 0.717) is 19.1 Å². The molecule has 1 N–H and O–H groups in total. The molecule has 1 amide bonds. The minimum atomic E-state index is 0.182. The first kappa shape index (κ1) is 23.3. The van der Waals surface area contributed by atoms with Crippen molar-refractivity contribution in [3.8, 4) is 5.75 Å². The molecule has 0 spiro atoms. The van der Waals surface area contributed by atoms with Crippen LogP contribution in [0.15, 0.2) is 22.7 Å². The summed E-state index contributed by atoms with van der Waals surface area (Å²) in [4.78, 5) is 12.4. The van der Waals surface area contributed by atoms with Crippen LogP contribution in [-0.4, -0.2) is 18.6 Å². The van der Waals surface area contributed by atoms with Crippen LogP contribution in [0.25, 0.3) is 0 Å². The summed E-state index contributed by atoms with van der Waals surface area (Å²) in [5.74, 6) is 1.04. The minimum absolute atomic E-state index is 0.182. The second-order valence-corrected chi connectivity index (χ2v) is 8.95. The number of nitrogens with one attached hydrogen (secondary N) is 1. The fourth-order valence-electron chi connectivity index (χ4n) is 3.90. The van der Waals surface area contributed by atoms with E-state index in [1.54, 1.807) is 0 Å². The number of amides is 1. The Hall–Kier alpha value is -1.03. The van der Waals surface area contributed by atoms with Crippen molar-refractivity contribution >= 4 is 21.8 Å². The van der Waals surface area contributed by atoms with Crippen LogP contribution >= 0.6 is 15.9 Å². The molecule has 158 valence electrons. The fourth-order valence-corrected chi connectivity index (χ4v) is 4.44. The first-order chi connectivity index (χ1) is 13.7. The third-order valence-electron chi connectivity index (χ3n) is 5.68. The normalized spacial score (nSPS) is 17.4. The molecular formula is C24H38BrNO2. The van der Waals surface area contributed by atoms with E-state index in [1.807, 2.05) is 6.07 Å². The summed E-state index contributed by atoms with van der Waals surface area (Å²) in [6.07, 6.45) is 16.6. The summed E-state index contributed by atoms with van der Waals surface area (Å²) in [6, 6.07) is 6.57. The molecule has 2 rings (SSSR count). The SMILES string of the molecule is CCc1ccc(OCCCC(=O)NC2CCCCCCCCCCC2)c(Br)c1. The van der Waals surface area contributed by atoms with E-state index in [2.05, 4.69) is 40.3 Å². The van der Waals surface area contributed by atoms with Crippen LogP contribution in [0.2, 0.25) is 0 Å². The van der Waals surface area contributed by atoms with Gasteiger partial charge in [-0.05, 0) is 59.3 Å². The van der Waals surface area contributed by atoms with Crippen LogP contribution < -0.4 is 10.1 Å². The molecule has 0 aliphatic heterocycles. The Balaban J connectivity index is 1.66. The Labute approximate surface area is 180 Å². The van der Waals surface area contributed by atoms with E-state index in [0.717, 1.165) is 35.9 Å². The standard InChI is InChI=1S/C24H38BrNO2/c1-2-20-16-17-23(22(25)19-20)28-18-12-15-24(27)26-21-13-10-8-6-4-3-5-7-9-11-14-21/h16-17,19,21H,2-15,18H2,1H3,(H,26,27). The second kappa shape index (κ2) is 14.0. The summed E-state index contributed by atoms with van der Waals surface area (Å²) >= 11 is 3.57. The Kier molecular flexibility index (Phi) is 11.7. The average molecular weight is 452 g/mol. The predicted octanol–water partition coefficient (Wildman–Crippen LogP) is 6.96. The molecule has 3 nitrogen and oxygen atoms in total. The van der Waals surface area contributed by atoms with Gasteiger partial charge in [-0.2, -0.15) is 0 Å². The van der Waals surface area contributed by atoms with Gasteiger partial charge in [0.25, 0.3) is 0 Å². The molecule has 1 aliphatic carbocycles. The first-order valence-corrected chi connectivity index (χ1v) is 12.2. The third kappa shape index (κ3) is 9.45. The molecule has 1 aliphatic rings. The Morgan fingerprint density at radius 2 is 1.64 bits per heavy atom. The molecule has 0 atom stereocenters. The van der Waals surface area contributed by atoms with E-state index in [1.165, 1.54) is 63.4 Å². The quantitative estimate of drug-likeness (QED) is 0.454. The summed E-state index contributed by atoms with van der Waals surface area (Å²) in [6.45, 7) is 2.71. The molecule has 1 saturated carbocycles. The van der Waals surface area contributed by atoms with Crippen molar-refractivity contribution in [2.75, 3.05) is 6.61 Å². The Morgan fingerprint density at radius 3 is 2.21 bits per heavy atom. The molecule has 0 aromatic heterocycles. The summed E-state index contributed by atoms with van der Waals surface area (Å²) in [5, 5.41) is 3.29. The molecule has 1 aromatic rings. The lowest BCUT2D eigenvalue weighted by molar-refractivity contribution is -0.122. The number of carbonyl (C=O) groups excluding carboxylic acids is 1. The van der Waals surface area contributed by atoms with Gasteiger partial charge >= 0.3 is 0 Å².